The van der Waals surface area contributed by atoms with Crippen LogP contribution in [0.2, 0.25) is 5.02 Å². The van der Waals surface area contributed by atoms with E-state index in [1.807, 2.05) is 0 Å². The first-order valence-corrected chi connectivity index (χ1v) is 8.27. The van der Waals surface area contributed by atoms with Gasteiger partial charge in [0.1, 0.15) is 0 Å². The van der Waals surface area contributed by atoms with Crippen LogP contribution in [0.15, 0.2) is 27.6 Å². The van der Waals surface area contributed by atoms with Gasteiger partial charge in [-0.3, -0.25) is 0 Å². The lowest BCUT2D eigenvalue weighted by molar-refractivity contribution is 0.519. The average molecular weight is 390 g/mol. The Labute approximate surface area is 132 Å². The quantitative estimate of drug-likeness (QED) is 0.812. The third-order valence-corrected chi connectivity index (χ3v) is 5.67. The van der Waals surface area contributed by atoms with E-state index in [2.05, 4.69) is 20.7 Å². The fourth-order valence-corrected chi connectivity index (χ4v) is 3.58. The van der Waals surface area contributed by atoms with Crippen LogP contribution < -0.4 is 10.5 Å². The highest BCUT2D eigenvalue weighted by Gasteiger charge is 2.33. The zero-order valence-electron chi connectivity index (χ0n) is 9.97. The molecule has 0 bridgehead atoms. The first-order chi connectivity index (χ1) is 8.44. The topological polar surface area (TPSA) is 72.2 Å². The van der Waals surface area contributed by atoms with E-state index < -0.39 is 10.0 Å². The molecule has 0 radical (unpaired) electrons. The van der Waals surface area contributed by atoms with E-state index in [0.29, 0.717) is 22.0 Å². The summed E-state index contributed by atoms with van der Waals surface area (Å²) in [4.78, 5) is 0.162. The van der Waals surface area contributed by atoms with Gasteiger partial charge in [-0.25, -0.2) is 13.1 Å². The summed E-state index contributed by atoms with van der Waals surface area (Å²) in [5, 5.41) is 0.369. The number of hydrogen-bond donors (Lipinski definition) is 2. The molecule has 0 aromatic heterocycles. The fraction of sp³-hybridized carbons (Fsp3) is 0.455. The molecule has 1 aliphatic carbocycles. The Morgan fingerprint density at radius 1 is 1.47 bits per heavy atom. The van der Waals surface area contributed by atoms with Crippen molar-refractivity contribution < 1.29 is 8.42 Å². The van der Waals surface area contributed by atoms with Crippen molar-refractivity contribution in [2.45, 2.75) is 23.8 Å². The van der Waals surface area contributed by atoms with Gasteiger partial charge >= 0.3 is 0 Å². The summed E-state index contributed by atoms with van der Waals surface area (Å²) in [5.74, 6) is 0.371. The van der Waals surface area contributed by atoms with Crippen LogP contribution in [0.3, 0.4) is 0 Å². The van der Waals surface area contributed by atoms with E-state index in [1.165, 1.54) is 12.1 Å². The van der Waals surface area contributed by atoms with Gasteiger partial charge in [0.25, 0.3) is 0 Å². The van der Waals surface area contributed by atoms with E-state index in [-0.39, 0.29) is 23.3 Å². The van der Waals surface area contributed by atoms with Crippen LogP contribution in [0, 0.1) is 5.92 Å². The van der Waals surface area contributed by atoms with Crippen LogP contribution in [0.4, 0.5) is 0 Å². The molecule has 3 N–H and O–H groups in total. The van der Waals surface area contributed by atoms with Gasteiger partial charge in [0.15, 0.2) is 0 Å². The smallest absolute Gasteiger partial charge is 0.240 e. The van der Waals surface area contributed by atoms with Gasteiger partial charge < -0.3 is 5.73 Å². The maximum atomic E-state index is 12.2. The maximum absolute atomic E-state index is 12.2. The standard InChI is InChI=1S/C11H14BrClN2O2S.ClH/c12-9-4-3-8(5-10(9)13)18(16,17)15-11(6-14)7-1-2-7;/h3-5,7,11,15H,1-2,6,14H2;1H. The monoisotopic (exact) mass is 388 g/mol. The molecule has 0 saturated heterocycles. The molecule has 4 nitrogen and oxygen atoms in total. The summed E-state index contributed by atoms with van der Waals surface area (Å²) < 4.78 is 27.6. The van der Waals surface area contributed by atoms with E-state index >= 15 is 0 Å². The number of sulfonamides is 1. The largest absolute Gasteiger partial charge is 0.329 e. The zero-order chi connectivity index (χ0) is 13.3. The third-order valence-electron chi connectivity index (χ3n) is 2.95. The number of hydrogen-bond acceptors (Lipinski definition) is 3. The number of nitrogens with one attached hydrogen (secondary N) is 1. The van der Waals surface area contributed by atoms with Crippen molar-refractivity contribution in [2.24, 2.45) is 11.7 Å². The molecule has 8 heteroatoms. The van der Waals surface area contributed by atoms with Crippen molar-refractivity contribution in [1.29, 1.82) is 0 Å². The Morgan fingerprint density at radius 2 is 2.11 bits per heavy atom. The first-order valence-electron chi connectivity index (χ1n) is 5.61. The maximum Gasteiger partial charge on any atom is 0.240 e. The van der Waals surface area contributed by atoms with Crippen LogP contribution in [-0.4, -0.2) is 21.0 Å². The van der Waals surface area contributed by atoms with Crippen LogP contribution in [0.5, 0.6) is 0 Å². The molecule has 1 atom stereocenters. The zero-order valence-corrected chi connectivity index (χ0v) is 13.9. The second kappa shape index (κ2) is 6.74. The van der Waals surface area contributed by atoms with Gasteiger partial charge in [-0.2, -0.15) is 0 Å². The SMILES string of the molecule is Cl.NCC(NS(=O)(=O)c1ccc(Br)c(Cl)c1)C1CC1. The molecule has 0 amide bonds. The normalized spacial score (nSPS) is 16.8. The van der Waals surface area contributed by atoms with Gasteiger partial charge in [-0.15, -0.1) is 12.4 Å². The van der Waals surface area contributed by atoms with Crippen LogP contribution in [0.25, 0.3) is 0 Å². The lowest BCUT2D eigenvalue weighted by Crippen LogP contribution is -2.41. The van der Waals surface area contributed by atoms with E-state index in [1.54, 1.807) is 6.07 Å². The van der Waals surface area contributed by atoms with Crippen molar-refractivity contribution >= 4 is 50.0 Å². The Bertz CT molecular complexity index is 550. The van der Waals surface area contributed by atoms with Gasteiger partial charge in [0, 0.05) is 17.1 Å². The molecule has 1 unspecified atom stereocenters. The summed E-state index contributed by atoms with van der Waals surface area (Å²) in [7, 11) is -3.55. The minimum absolute atomic E-state index is 0. The van der Waals surface area contributed by atoms with Crippen molar-refractivity contribution in [3.8, 4) is 0 Å². The Morgan fingerprint density at radius 3 is 2.58 bits per heavy atom. The highest BCUT2D eigenvalue weighted by Crippen LogP contribution is 2.33. The van der Waals surface area contributed by atoms with E-state index in [4.69, 9.17) is 17.3 Å². The highest BCUT2D eigenvalue weighted by molar-refractivity contribution is 9.10. The number of benzene rings is 1. The molecule has 2 rings (SSSR count). The Hall–Kier alpha value is 0.150. The molecule has 0 spiro atoms. The highest BCUT2D eigenvalue weighted by atomic mass is 79.9. The molecule has 1 aromatic rings. The minimum atomic E-state index is -3.55. The molecule has 1 aromatic carbocycles. The average Bonchev–Trinajstić information content (AvgIpc) is 3.13. The lowest BCUT2D eigenvalue weighted by atomic mass is 10.2. The second-order valence-corrected chi connectivity index (χ2v) is 7.35. The van der Waals surface area contributed by atoms with Crippen LogP contribution >= 0.6 is 39.9 Å². The van der Waals surface area contributed by atoms with Gasteiger partial charge in [-0.1, -0.05) is 11.6 Å². The van der Waals surface area contributed by atoms with E-state index in [0.717, 1.165) is 12.8 Å². The van der Waals surface area contributed by atoms with Gasteiger partial charge in [0.2, 0.25) is 10.0 Å². The summed E-state index contributed by atoms with van der Waals surface area (Å²) in [6, 6.07) is 4.37. The molecule has 0 aliphatic heterocycles. The Kier molecular flexibility index (Phi) is 6.10. The van der Waals surface area contributed by atoms with Crippen molar-refractivity contribution in [1.82, 2.24) is 4.72 Å². The Balaban J connectivity index is 0.00000180. The van der Waals surface area contributed by atoms with E-state index in [9.17, 15) is 8.42 Å². The predicted molar refractivity (Wildman–Crippen MR) is 82.3 cm³/mol. The number of halogens is 3. The van der Waals surface area contributed by atoms with Crippen molar-refractivity contribution in [2.75, 3.05) is 6.54 Å². The molecular formula is C11H15BrCl2N2O2S. The first kappa shape index (κ1) is 17.2. The van der Waals surface area contributed by atoms with Gasteiger partial charge in [-0.05, 0) is 52.9 Å². The minimum Gasteiger partial charge on any atom is -0.329 e. The molecule has 1 saturated carbocycles. The van der Waals surface area contributed by atoms with Gasteiger partial charge in [0.05, 0.1) is 9.92 Å². The summed E-state index contributed by atoms with van der Waals surface area (Å²) in [6.45, 7) is 0.314. The van der Waals surface area contributed by atoms with Crippen LogP contribution in [0.1, 0.15) is 12.8 Å². The lowest BCUT2D eigenvalue weighted by Gasteiger charge is -2.16. The number of nitrogens with two attached hydrogens (primary N) is 1. The summed E-state index contributed by atoms with van der Waals surface area (Å²) >= 11 is 9.13. The molecule has 108 valence electrons. The summed E-state index contributed by atoms with van der Waals surface area (Å²) in [6.07, 6.45) is 2.07. The summed E-state index contributed by atoms with van der Waals surface area (Å²) in [5.41, 5.74) is 5.59. The molecule has 19 heavy (non-hydrogen) atoms. The fourth-order valence-electron chi connectivity index (χ4n) is 1.75. The molecule has 0 heterocycles. The van der Waals surface area contributed by atoms with Crippen LogP contribution in [-0.2, 0) is 10.0 Å². The predicted octanol–water partition coefficient (Wildman–Crippen LogP) is 2.54. The number of rotatable bonds is 5. The van der Waals surface area contributed by atoms with Crippen molar-refractivity contribution in [3.63, 3.8) is 0 Å². The molecular weight excluding hydrogens is 375 g/mol. The van der Waals surface area contributed by atoms with Crippen molar-refractivity contribution in [3.05, 3.63) is 27.7 Å². The molecule has 1 aliphatic rings. The third kappa shape index (κ3) is 4.31. The second-order valence-electron chi connectivity index (χ2n) is 4.38. The molecule has 1 fully saturated rings.